The van der Waals surface area contributed by atoms with Crippen LogP contribution in [0.5, 0.6) is 0 Å². The van der Waals surface area contributed by atoms with Crippen LogP contribution in [0.3, 0.4) is 0 Å². The number of hydrogen-bond donors (Lipinski definition) is 0. The van der Waals surface area contributed by atoms with Crippen LogP contribution in [0.2, 0.25) is 0 Å². The zero-order valence-electron chi connectivity index (χ0n) is 8.79. The lowest BCUT2D eigenvalue weighted by Gasteiger charge is -2.09. The molecule has 0 aliphatic rings. The summed E-state index contributed by atoms with van der Waals surface area (Å²) in [5, 5.41) is 0. The zero-order valence-corrected chi connectivity index (χ0v) is 10.4. The minimum absolute atomic E-state index is 0.263. The lowest BCUT2D eigenvalue weighted by Crippen LogP contribution is -2.22. The van der Waals surface area contributed by atoms with Gasteiger partial charge in [0.15, 0.2) is 5.78 Å². The molecule has 3 nitrogen and oxygen atoms in total. The average Bonchev–Trinajstić information content (AvgIpc) is 2.26. The monoisotopic (exact) mass is 288 g/mol. The van der Waals surface area contributed by atoms with Gasteiger partial charge in [0, 0.05) is 10.0 Å². The van der Waals surface area contributed by atoms with Gasteiger partial charge in [-0.3, -0.25) is 9.59 Å². The third kappa shape index (κ3) is 2.66. The van der Waals surface area contributed by atoms with Crippen molar-refractivity contribution in [3.05, 3.63) is 34.1 Å². The smallest absolute Gasteiger partial charge is 0.316 e. The number of halogens is 2. The van der Waals surface area contributed by atoms with E-state index < -0.39 is 23.5 Å². The summed E-state index contributed by atoms with van der Waals surface area (Å²) in [4.78, 5) is 23.0. The van der Waals surface area contributed by atoms with E-state index in [2.05, 4.69) is 20.7 Å². The third-order valence-electron chi connectivity index (χ3n) is 2.14. The number of ether oxygens (including phenoxy) is 1. The number of hydrogen-bond acceptors (Lipinski definition) is 3. The fourth-order valence-corrected chi connectivity index (χ4v) is 1.75. The fraction of sp³-hybridized carbons (Fsp3) is 0.273. The van der Waals surface area contributed by atoms with Crippen LogP contribution in [-0.2, 0) is 9.53 Å². The van der Waals surface area contributed by atoms with Gasteiger partial charge in [-0.2, -0.15) is 0 Å². The third-order valence-corrected chi connectivity index (χ3v) is 2.80. The molecule has 1 atom stereocenters. The Labute approximate surface area is 101 Å². The summed E-state index contributed by atoms with van der Waals surface area (Å²) in [5.41, 5.74) is 0.263. The molecule has 0 saturated heterocycles. The van der Waals surface area contributed by atoms with Crippen molar-refractivity contribution in [3.63, 3.8) is 0 Å². The van der Waals surface area contributed by atoms with E-state index in [0.29, 0.717) is 4.47 Å². The Kier molecular flexibility index (Phi) is 4.18. The highest BCUT2D eigenvalue weighted by Gasteiger charge is 2.24. The number of benzene rings is 1. The molecule has 0 bridgehead atoms. The van der Waals surface area contributed by atoms with Crippen LogP contribution in [0.15, 0.2) is 22.7 Å². The first-order chi connectivity index (χ1) is 7.47. The van der Waals surface area contributed by atoms with Crippen LogP contribution >= 0.6 is 15.9 Å². The van der Waals surface area contributed by atoms with Crippen molar-refractivity contribution in [1.29, 1.82) is 0 Å². The summed E-state index contributed by atoms with van der Waals surface area (Å²) in [6.45, 7) is 1.45. The Hall–Kier alpha value is -1.23. The molecule has 0 aromatic heterocycles. The molecule has 0 radical (unpaired) electrons. The number of carbonyl (C=O) groups excluding carboxylic acids is 2. The molecule has 0 amide bonds. The van der Waals surface area contributed by atoms with E-state index >= 15 is 0 Å². The molecule has 0 spiro atoms. The van der Waals surface area contributed by atoms with Gasteiger partial charge in [0.2, 0.25) is 0 Å². The molecule has 1 aromatic carbocycles. The van der Waals surface area contributed by atoms with Crippen LogP contribution in [-0.4, -0.2) is 18.9 Å². The van der Waals surface area contributed by atoms with Crippen molar-refractivity contribution in [2.45, 2.75) is 6.92 Å². The Morgan fingerprint density at radius 1 is 1.44 bits per heavy atom. The van der Waals surface area contributed by atoms with E-state index in [1.807, 2.05) is 0 Å². The van der Waals surface area contributed by atoms with E-state index in [4.69, 9.17) is 0 Å². The molecule has 1 aromatic rings. The minimum Gasteiger partial charge on any atom is -0.468 e. The van der Waals surface area contributed by atoms with Crippen molar-refractivity contribution in [3.8, 4) is 0 Å². The first-order valence-electron chi connectivity index (χ1n) is 4.54. The second-order valence-electron chi connectivity index (χ2n) is 3.23. The number of carbonyl (C=O) groups is 2. The summed E-state index contributed by atoms with van der Waals surface area (Å²) in [6, 6.07) is 3.68. The molecule has 0 aliphatic carbocycles. The summed E-state index contributed by atoms with van der Waals surface area (Å²) in [6.07, 6.45) is 0. The van der Waals surface area contributed by atoms with Crippen molar-refractivity contribution in [2.75, 3.05) is 7.11 Å². The zero-order chi connectivity index (χ0) is 12.3. The largest absolute Gasteiger partial charge is 0.468 e. The van der Waals surface area contributed by atoms with Crippen LogP contribution in [0.1, 0.15) is 17.3 Å². The van der Waals surface area contributed by atoms with Gasteiger partial charge in [-0.25, -0.2) is 4.39 Å². The first kappa shape index (κ1) is 12.8. The van der Waals surface area contributed by atoms with E-state index in [9.17, 15) is 14.0 Å². The van der Waals surface area contributed by atoms with Crippen LogP contribution in [0, 0.1) is 11.7 Å². The molecule has 0 fully saturated rings. The average molecular weight is 289 g/mol. The van der Waals surface area contributed by atoms with Gasteiger partial charge in [0.1, 0.15) is 11.7 Å². The lowest BCUT2D eigenvalue weighted by molar-refractivity contribution is -0.143. The van der Waals surface area contributed by atoms with Gasteiger partial charge in [0.25, 0.3) is 0 Å². The SMILES string of the molecule is COC(=O)C(C)C(=O)c1ccc(F)cc1Br. The topological polar surface area (TPSA) is 43.4 Å². The van der Waals surface area contributed by atoms with Crippen molar-refractivity contribution >= 4 is 27.7 Å². The second-order valence-corrected chi connectivity index (χ2v) is 4.09. The molecule has 0 aliphatic heterocycles. The predicted molar refractivity (Wildman–Crippen MR) is 59.6 cm³/mol. The van der Waals surface area contributed by atoms with Crippen LogP contribution < -0.4 is 0 Å². The summed E-state index contributed by atoms with van der Waals surface area (Å²) < 4.78 is 17.6. The summed E-state index contributed by atoms with van der Waals surface area (Å²) in [7, 11) is 1.21. The molecule has 86 valence electrons. The number of ketones is 1. The van der Waals surface area contributed by atoms with Crippen molar-refractivity contribution in [2.24, 2.45) is 5.92 Å². The van der Waals surface area contributed by atoms with Crippen molar-refractivity contribution in [1.82, 2.24) is 0 Å². The molecular formula is C11H10BrFO3. The normalized spacial score (nSPS) is 12.0. The molecule has 0 heterocycles. The van der Waals surface area contributed by atoms with Crippen LogP contribution in [0.4, 0.5) is 4.39 Å². The minimum atomic E-state index is -0.897. The van der Waals surface area contributed by atoms with E-state index in [1.54, 1.807) is 0 Å². The van der Waals surface area contributed by atoms with Gasteiger partial charge >= 0.3 is 5.97 Å². The van der Waals surface area contributed by atoms with Gasteiger partial charge < -0.3 is 4.74 Å². The van der Waals surface area contributed by atoms with Gasteiger partial charge in [-0.1, -0.05) is 0 Å². The van der Waals surface area contributed by atoms with E-state index in [0.717, 1.165) is 0 Å². The predicted octanol–water partition coefficient (Wildman–Crippen LogP) is 2.58. The molecule has 5 heteroatoms. The highest BCUT2D eigenvalue weighted by molar-refractivity contribution is 9.10. The van der Waals surface area contributed by atoms with E-state index in [1.165, 1.54) is 32.2 Å². The quantitative estimate of drug-likeness (QED) is 0.488. The molecule has 0 N–H and O–H groups in total. The molecule has 0 saturated carbocycles. The highest BCUT2D eigenvalue weighted by Crippen LogP contribution is 2.21. The molecule has 16 heavy (non-hydrogen) atoms. The maximum absolute atomic E-state index is 12.8. The second kappa shape index (κ2) is 5.21. The molecular weight excluding hydrogens is 279 g/mol. The Balaban J connectivity index is 3.01. The Bertz CT molecular complexity index is 431. The number of rotatable bonds is 3. The summed E-state index contributed by atoms with van der Waals surface area (Å²) in [5.74, 6) is -2.36. The number of esters is 1. The van der Waals surface area contributed by atoms with Crippen LogP contribution in [0.25, 0.3) is 0 Å². The van der Waals surface area contributed by atoms with E-state index in [-0.39, 0.29) is 5.56 Å². The molecule has 1 unspecified atom stereocenters. The first-order valence-corrected chi connectivity index (χ1v) is 5.33. The summed E-state index contributed by atoms with van der Waals surface area (Å²) >= 11 is 3.07. The van der Waals surface area contributed by atoms with Gasteiger partial charge in [-0.15, -0.1) is 0 Å². The van der Waals surface area contributed by atoms with Gasteiger partial charge in [-0.05, 0) is 41.1 Å². The Morgan fingerprint density at radius 2 is 2.06 bits per heavy atom. The maximum Gasteiger partial charge on any atom is 0.316 e. The maximum atomic E-state index is 12.8. The number of Topliss-reactive ketones (excluding diaryl/α,β-unsaturated/α-hetero) is 1. The Morgan fingerprint density at radius 3 is 2.56 bits per heavy atom. The highest BCUT2D eigenvalue weighted by atomic mass is 79.9. The molecule has 1 rings (SSSR count). The van der Waals surface area contributed by atoms with Crippen molar-refractivity contribution < 1.29 is 18.7 Å². The van der Waals surface area contributed by atoms with Gasteiger partial charge in [0.05, 0.1) is 7.11 Å². The fourth-order valence-electron chi connectivity index (χ4n) is 1.21. The number of methoxy groups -OCH3 is 1. The standard InChI is InChI=1S/C11H10BrFO3/c1-6(11(15)16-2)10(14)8-4-3-7(13)5-9(8)12/h3-6H,1-2H3. The lowest BCUT2D eigenvalue weighted by atomic mass is 9.99.